The third kappa shape index (κ3) is 3.26. The van der Waals surface area contributed by atoms with Crippen LogP contribution in [0.4, 0.5) is 0 Å². The summed E-state index contributed by atoms with van der Waals surface area (Å²) in [7, 11) is -2.98. The van der Waals surface area contributed by atoms with E-state index in [1.165, 1.54) is 0 Å². The van der Waals surface area contributed by atoms with Crippen molar-refractivity contribution in [1.29, 1.82) is 0 Å². The van der Waals surface area contributed by atoms with Crippen LogP contribution in [-0.2, 0) is 9.84 Å². The molecule has 1 heterocycles. The standard InChI is InChI=1S/C12H15NO3S2/c14-12(10-2-4-11(17)5-3-10)13-6-1-8-18(15,16)9-7-13/h2-5,17H,1,6-9H2. The first-order chi connectivity index (χ1) is 8.48. The maximum Gasteiger partial charge on any atom is 0.253 e. The zero-order chi connectivity index (χ0) is 13.2. The van der Waals surface area contributed by atoms with Gasteiger partial charge in [0.1, 0.15) is 0 Å². The number of carbonyl (C=O) groups is 1. The van der Waals surface area contributed by atoms with Gasteiger partial charge in [-0.2, -0.15) is 0 Å². The largest absolute Gasteiger partial charge is 0.338 e. The number of carbonyl (C=O) groups excluding carboxylic acids is 1. The molecule has 0 N–H and O–H groups in total. The van der Waals surface area contributed by atoms with Gasteiger partial charge in [0.15, 0.2) is 9.84 Å². The first kappa shape index (κ1) is 13.4. The summed E-state index contributed by atoms with van der Waals surface area (Å²) >= 11 is 4.16. The Kier molecular flexibility index (Phi) is 3.97. The average molecular weight is 285 g/mol. The zero-order valence-electron chi connectivity index (χ0n) is 9.87. The predicted molar refractivity (Wildman–Crippen MR) is 72.9 cm³/mol. The Morgan fingerprint density at radius 3 is 2.44 bits per heavy atom. The fourth-order valence-electron chi connectivity index (χ4n) is 1.93. The molecule has 2 rings (SSSR count). The summed E-state index contributed by atoms with van der Waals surface area (Å²) in [5.74, 6) is 0.121. The van der Waals surface area contributed by atoms with Crippen LogP contribution in [0.1, 0.15) is 16.8 Å². The third-order valence-corrected chi connectivity index (χ3v) is 4.97. The molecule has 0 unspecified atom stereocenters. The molecule has 0 radical (unpaired) electrons. The molecule has 1 aromatic rings. The number of amides is 1. The number of thiol groups is 1. The highest BCUT2D eigenvalue weighted by Crippen LogP contribution is 2.12. The second kappa shape index (κ2) is 5.32. The highest BCUT2D eigenvalue weighted by atomic mass is 32.2. The molecule has 1 amide bonds. The molecule has 0 saturated carbocycles. The average Bonchev–Trinajstić information content (AvgIpc) is 2.50. The molecule has 1 aliphatic rings. The number of sulfone groups is 1. The Morgan fingerprint density at radius 1 is 1.11 bits per heavy atom. The molecular weight excluding hydrogens is 270 g/mol. The van der Waals surface area contributed by atoms with Gasteiger partial charge >= 0.3 is 0 Å². The molecule has 0 atom stereocenters. The Hall–Kier alpha value is -1.01. The minimum atomic E-state index is -2.98. The number of rotatable bonds is 1. The lowest BCUT2D eigenvalue weighted by Crippen LogP contribution is -2.33. The van der Waals surface area contributed by atoms with E-state index in [0.717, 1.165) is 4.90 Å². The molecule has 1 aromatic carbocycles. The molecule has 0 aromatic heterocycles. The smallest absolute Gasteiger partial charge is 0.253 e. The van der Waals surface area contributed by atoms with Crippen molar-refractivity contribution < 1.29 is 13.2 Å². The fraction of sp³-hybridized carbons (Fsp3) is 0.417. The van der Waals surface area contributed by atoms with Crippen LogP contribution >= 0.6 is 12.6 Å². The summed E-state index contributed by atoms with van der Waals surface area (Å²) < 4.78 is 22.9. The predicted octanol–water partition coefficient (Wildman–Crippen LogP) is 1.24. The Labute approximate surface area is 112 Å². The Morgan fingerprint density at radius 2 is 1.78 bits per heavy atom. The summed E-state index contributed by atoms with van der Waals surface area (Å²) in [6.45, 7) is 0.782. The van der Waals surface area contributed by atoms with Gasteiger partial charge in [0.2, 0.25) is 0 Å². The van der Waals surface area contributed by atoms with Crippen LogP contribution in [-0.4, -0.2) is 43.8 Å². The number of nitrogens with zero attached hydrogens (tertiary/aromatic N) is 1. The van der Waals surface area contributed by atoms with Crippen LogP contribution in [0.2, 0.25) is 0 Å². The van der Waals surface area contributed by atoms with Gasteiger partial charge in [0, 0.05) is 23.5 Å². The lowest BCUT2D eigenvalue weighted by atomic mass is 10.2. The van der Waals surface area contributed by atoms with E-state index in [4.69, 9.17) is 0 Å². The summed E-state index contributed by atoms with van der Waals surface area (Å²) in [4.78, 5) is 14.6. The van der Waals surface area contributed by atoms with Crippen molar-refractivity contribution in [2.24, 2.45) is 0 Å². The van der Waals surface area contributed by atoms with Crippen molar-refractivity contribution in [3.63, 3.8) is 0 Å². The van der Waals surface area contributed by atoms with Crippen LogP contribution < -0.4 is 0 Å². The van der Waals surface area contributed by atoms with E-state index in [2.05, 4.69) is 12.6 Å². The second-order valence-electron chi connectivity index (χ2n) is 4.34. The molecule has 0 bridgehead atoms. The van der Waals surface area contributed by atoms with Gasteiger partial charge in [-0.15, -0.1) is 12.6 Å². The molecule has 6 heteroatoms. The van der Waals surface area contributed by atoms with Gasteiger partial charge in [0.05, 0.1) is 11.5 Å². The maximum atomic E-state index is 12.2. The summed E-state index contributed by atoms with van der Waals surface area (Å²) in [6.07, 6.45) is 0.513. The fourth-order valence-corrected chi connectivity index (χ4v) is 3.35. The Balaban J connectivity index is 2.12. The monoisotopic (exact) mass is 285 g/mol. The van der Waals surface area contributed by atoms with Gasteiger partial charge in [-0.25, -0.2) is 8.42 Å². The normalized spacial score (nSPS) is 19.3. The van der Waals surface area contributed by atoms with Crippen molar-refractivity contribution in [2.75, 3.05) is 24.6 Å². The second-order valence-corrected chi connectivity index (χ2v) is 7.16. The van der Waals surface area contributed by atoms with Crippen LogP contribution in [0.5, 0.6) is 0 Å². The molecule has 1 aliphatic heterocycles. The van der Waals surface area contributed by atoms with Crippen LogP contribution in [0.3, 0.4) is 0 Å². The zero-order valence-corrected chi connectivity index (χ0v) is 11.6. The number of hydrogen-bond acceptors (Lipinski definition) is 4. The number of benzene rings is 1. The van der Waals surface area contributed by atoms with Crippen molar-refractivity contribution >= 4 is 28.4 Å². The van der Waals surface area contributed by atoms with Gasteiger partial charge in [-0.1, -0.05) is 0 Å². The lowest BCUT2D eigenvalue weighted by molar-refractivity contribution is 0.0768. The van der Waals surface area contributed by atoms with E-state index in [0.29, 0.717) is 18.5 Å². The van der Waals surface area contributed by atoms with Crippen LogP contribution in [0.15, 0.2) is 29.2 Å². The Bertz CT molecular complexity index is 537. The summed E-state index contributed by atoms with van der Waals surface area (Å²) in [5, 5.41) is 0. The van der Waals surface area contributed by atoms with Gasteiger partial charge in [-0.05, 0) is 30.7 Å². The van der Waals surface area contributed by atoms with Crippen molar-refractivity contribution in [2.45, 2.75) is 11.3 Å². The topological polar surface area (TPSA) is 54.5 Å². The van der Waals surface area contributed by atoms with Crippen molar-refractivity contribution in [1.82, 2.24) is 4.90 Å². The quantitative estimate of drug-likeness (QED) is 0.790. The van der Waals surface area contributed by atoms with Crippen LogP contribution in [0, 0.1) is 0 Å². The van der Waals surface area contributed by atoms with Crippen molar-refractivity contribution in [3.8, 4) is 0 Å². The van der Waals surface area contributed by atoms with E-state index in [-0.39, 0.29) is 24.0 Å². The molecule has 0 spiro atoms. The minimum absolute atomic E-state index is 0.0589. The first-order valence-electron chi connectivity index (χ1n) is 5.77. The van der Waals surface area contributed by atoms with E-state index in [1.54, 1.807) is 29.2 Å². The van der Waals surface area contributed by atoms with Gasteiger partial charge in [0.25, 0.3) is 5.91 Å². The van der Waals surface area contributed by atoms with E-state index in [1.807, 2.05) is 0 Å². The molecule has 18 heavy (non-hydrogen) atoms. The highest BCUT2D eigenvalue weighted by molar-refractivity contribution is 7.91. The van der Waals surface area contributed by atoms with Gasteiger partial charge < -0.3 is 4.90 Å². The summed E-state index contributed by atoms with van der Waals surface area (Å²) in [5.41, 5.74) is 0.576. The minimum Gasteiger partial charge on any atom is -0.338 e. The third-order valence-electron chi connectivity index (χ3n) is 2.96. The SMILES string of the molecule is O=C(c1ccc(S)cc1)N1CCCS(=O)(=O)CC1. The van der Waals surface area contributed by atoms with Gasteiger partial charge in [-0.3, -0.25) is 4.79 Å². The lowest BCUT2D eigenvalue weighted by Gasteiger charge is -2.19. The maximum absolute atomic E-state index is 12.2. The molecule has 4 nitrogen and oxygen atoms in total. The van der Waals surface area contributed by atoms with E-state index >= 15 is 0 Å². The first-order valence-corrected chi connectivity index (χ1v) is 8.03. The van der Waals surface area contributed by atoms with E-state index in [9.17, 15) is 13.2 Å². The van der Waals surface area contributed by atoms with Crippen molar-refractivity contribution in [3.05, 3.63) is 29.8 Å². The molecule has 1 saturated heterocycles. The number of hydrogen-bond donors (Lipinski definition) is 1. The molecule has 98 valence electrons. The molecule has 0 aliphatic carbocycles. The molecule has 1 fully saturated rings. The highest BCUT2D eigenvalue weighted by Gasteiger charge is 2.23. The molecular formula is C12H15NO3S2. The van der Waals surface area contributed by atoms with E-state index < -0.39 is 9.84 Å². The summed E-state index contributed by atoms with van der Waals surface area (Å²) in [6, 6.07) is 6.93. The van der Waals surface area contributed by atoms with Crippen LogP contribution in [0.25, 0.3) is 0 Å².